The molecule has 1 unspecified atom stereocenters. The van der Waals surface area contributed by atoms with Gasteiger partial charge in [-0.3, -0.25) is 14.5 Å². The second-order valence-corrected chi connectivity index (χ2v) is 6.61. The van der Waals surface area contributed by atoms with E-state index in [0.717, 1.165) is 30.0 Å². The van der Waals surface area contributed by atoms with Crippen LogP contribution in [0.3, 0.4) is 0 Å². The molecule has 2 aliphatic rings. The molecule has 1 aromatic carbocycles. The van der Waals surface area contributed by atoms with Crippen LogP contribution in [0.25, 0.3) is 10.9 Å². The summed E-state index contributed by atoms with van der Waals surface area (Å²) in [6.07, 6.45) is 4.37. The van der Waals surface area contributed by atoms with Crippen LogP contribution in [-0.2, 0) is 9.59 Å². The summed E-state index contributed by atoms with van der Waals surface area (Å²) in [5.41, 5.74) is 7.30. The van der Waals surface area contributed by atoms with E-state index in [0.29, 0.717) is 31.9 Å². The summed E-state index contributed by atoms with van der Waals surface area (Å²) in [6, 6.07) is 5.51. The maximum atomic E-state index is 12.1. The van der Waals surface area contributed by atoms with Crippen LogP contribution in [0.2, 0.25) is 0 Å². The van der Waals surface area contributed by atoms with Crippen molar-refractivity contribution in [3.05, 3.63) is 24.4 Å². The normalized spacial score (nSPS) is 20.2. The van der Waals surface area contributed by atoms with E-state index in [2.05, 4.69) is 10.00 Å². The van der Waals surface area contributed by atoms with Gasteiger partial charge in [-0.1, -0.05) is 0 Å². The molecule has 0 spiro atoms. The molecule has 4 rings (SSSR count). The summed E-state index contributed by atoms with van der Waals surface area (Å²) in [4.78, 5) is 27.8. The second-order valence-electron chi connectivity index (χ2n) is 6.61. The molecule has 2 N–H and O–H groups in total. The third kappa shape index (κ3) is 2.75. The number of amides is 1. The van der Waals surface area contributed by atoms with Gasteiger partial charge in [-0.05, 0) is 31.0 Å². The Hall–Kier alpha value is -2.41. The van der Waals surface area contributed by atoms with Crippen molar-refractivity contribution < 1.29 is 9.59 Å². The van der Waals surface area contributed by atoms with Gasteiger partial charge in [0.15, 0.2) is 12.5 Å². The highest BCUT2D eigenvalue weighted by Crippen LogP contribution is 2.31. The van der Waals surface area contributed by atoms with Crippen LogP contribution in [0.4, 0.5) is 5.69 Å². The van der Waals surface area contributed by atoms with Gasteiger partial charge in [-0.15, -0.1) is 0 Å². The highest BCUT2D eigenvalue weighted by Gasteiger charge is 2.35. The lowest BCUT2D eigenvalue weighted by Gasteiger charge is -2.37. The van der Waals surface area contributed by atoms with Crippen molar-refractivity contribution >= 4 is 28.8 Å². The predicted molar refractivity (Wildman–Crippen MR) is 90.1 cm³/mol. The summed E-state index contributed by atoms with van der Waals surface area (Å²) >= 11 is 0. The molecule has 1 aromatic heterocycles. The minimum atomic E-state index is -0.447. The van der Waals surface area contributed by atoms with Crippen molar-refractivity contribution in [3.63, 3.8) is 0 Å². The van der Waals surface area contributed by atoms with Crippen LogP contribution in [0.15, 0.2) is 24.4 Å². The lowest BCUT2D eigenvalue weighted by molar-refractivity contribution is -0.135. The predicted octanol–water partition coefficient (Wildman–Crippen LogP) is 0.870. The minimum absolute atomic E-state index is 0.250. The first-order valence-corrected chi connectivity index (χ1v) is 8.38. The topological polar surface area (TPSA) is 84.5 Å². The molecule has 2 aromatic rings. The molecule has 1 amide bonds. The summed E-state index contributed by atoms with van der Waals surface area (Å²) < 4.78 is 1.69. The number of aromatic nitrogens is 2. The number of aldehydes is 1. The van der Waals surface area contributed by atoms with Crippen molar-refractivity contribution in [3.8, 4) is 0 Å². The van der Waals surface area contributed by atoms with Crippen LogP contribution in [0.1, 0.15) is 19.0 Å². The molecule has 2 fully saturated rings. The molecule has 1 aliphatic heterocycles. The van der Waals surface area contributed by atoms with Gasteiger partial charge in [-0.2, -0.15) is 5.10 Å². The zero-order valence-corrected chi connectivity index (χ0v) is 13.5. The van der Waals surface area contributed by atoms with Crippen molar-refractivity contribution in [1.82, 2.24) is 19.6 Å². The number of fused-ring (bicyclic) bond motifs is 1. The molecule has 24 heavy (non-hydrogen) atoms. The van der Waals surface area contributed by atoms with Crippen molar-refractivity contribution in [2.45, 2.75) is 19.0 Å². The third-order valence-corrected chi connectivity index (χ3v) is 4.87. The number of nitrogens with zero attached hydrogens (tertiary/aromatic N) is 4. The van der Waals surface area contributed by atoms with E-state index in [1.54, 1.807) is 10.7 Å². The van der Waals surface area contributed by atoms with Gasteiger partial charge in [0.25, 0.3) is 0 Å². The fourth-order valence-corrected chi connectivity index (χ4v) is 3.31. The minimum Gasteiger partial charge on any atom is -0.399 e. The van der Waals surface area contributed by atoms with Crippen LogP contribution in [-0.4, -0.2) is 58.0 Å². The van der Waals surface area contributed by atoms with E-state index in [-0.39, 0.29) is 11.8 Å². The number of hydrogen-bond donors (Lipinski definition) is 1. The molecular weight excluding hydrogens is 306 g/mol. The first-order chi connectivity index (χ1) is 11.7. The largest absolute Gasteiger partial charge is 0.399 e. The second kappa shape index (κ2) is 5.90. The molecule has 1 saturated carbocycles. The number of benzene rings is 1. The quantitative estimate of drug-likeness (QED) is 0.665. The Morgan fingerprint density at radius 2 is 2.00 bits per heavy atom. The Bertz CT molecular complexity index is 774. The molecule has 0 bridgehead atoms. The van der Waals surface area contributed by atoms with E-state index in [9.17, 15) is 9.59 Å². The average Bonchev–Trinajstić information content (AvgIpc) is 3.36. The Balaban J connectivity index is 1.48. The maximum absolute atomic E-state index is 12.1. The summed E-state index contributed by atoms with van der Waals surface area (Å²) in [5.74, 6) is 0.526. The first kappa shape index (κ1) is 15.1. The van der Waals surface area contributed by atoms with Crippen molar-refractivity contribution in [1.29, 1.82) is 0 Å². The number of carbonyl (C=O) groups is 2. The molecule has 1 saturated heterocycles. The number of carbonyl (C=O) groups excluding carboxylic acids is 2. The number of nitrogen functional groups attached to an aromatic ring is 1. The molecule has 1 atom stereocenters. The van der Waals surface area contributed by atoms with Crippen LogP contribution in [0, 0.1) is 5.92 Å². The van der Waals surface area contributed by atoms with Gasteiger partial charge in [0.2, 0.25) is 5.91 Å². The molecule has 7 heteroatoms. The number of piperazine rings is 1. The van der Waals surface area contributed by atoms with E-state index < -0.39 is 6.17 Å². The zero-order valence-electron chi connectivity index (χ0n) is 13.5. The van der Waals surface area contributed by atoms with Crippen LogP contribution >= 0.6 is 0 Å². The fraction of sp³-hybridized carbons (Fsp3) is 0.471. The van der Waals surface area contributed by atoms with Gasteiger partial charge >= 0.3 is 0 Å². The molecule has 7 nitrogen and oxygen atoms in total. The maximum Gasteiger partial charge on any atom is 0.225 e. The van der Waals surface area contributed by atoms with Gasteiger partial charge in [0.05, 0.1) is 5.52 Å². The van der Waals surface area contributed by atoms with Crippen molar-refractivity contribution in [2.75, 3.05) is 31.9 Å². The molecule has 2 heterocycles. The Morgan fingerprint density at radius 1 is 1.25 bits per heavy atom. The molecule has 1 aliphatic carbocycles. The van der Waals surface area contributed by atoms with E-state index in [1.165, 1.54) is 0 Å². The van der Waals surface area contributed by atoms with E-state index in [1.807, 2.05) is 23.2 Å². The van der Waals surface area contributed by atoms with Gasteiger partial charge < -0.3 is 10.6 Å². The Labute approximate surface area is 140 Å². The van der Waals surface area contributed by atoms with Gasteiger partial charge in [0.1, 0.15) is 0 Å². The van der Waals surface area contributed by atoms with Gasteiger partial charge in [-0.25, -0.2) is 4.68 Å². The average molecular weight is 327 g/mol. The first-order valence-electron chi connectivity index (χ1n) is 8.38. The Morgan fingerprint density at radius 3 is 2.67 bits per heavy atom. The molecule has 0 radical (unpaired) electrons. The number of rotatable bonds is 4. The van der Waals surface area contributed by atoms with Gasteiger partial charge in [0, 0.05) is 49.4 Å². The highest BCUT2D eigenvalue weighted by atomic mass is 16.2. The smallest absolute Gasteiger partial charge is 0.225 e. The lowest BCUT2D eigenvalue weighted by Crippen LogP contribution is -2.51. The van der Waals surface area contributed by atoms with Crippen molar-refractivity contribution in [2.24, 2.45) is 5.92 Å². The van der Waals surface area contributed by atoms with E-state index >= 15 is 0 Å². The molecule has 126 valence electrons. The number of anilines is 1. The lowest BCUT2D eigenvalue weighted by atomic mass is 10.2. The monoisotopic (exact) mass is 327 g/mol. The summed E-state index contributed by atoms with van der Waals surface area (Å²) in [6.45, 7) is 2.71. The highest BCUT2D eigenvalue weighted by molar-refractivity contribution is 5.82. The van der Waals surface area contributed by atoms with Crippen LogP contribution < -0.4 is 5.73 Å². The Kier molecular flexibility index (Phi) is 3.72. The summed E-state index contributed by atoms with van der Waals surface area (Å²) in [7, 11) is 0. The fourth-order valence-electron chi connectivity index (χ4n) is 3.31. The summed E-state index contributed by atoms with van der Waals surface area (Å²) in [5, 5.41) is 5.42. The van der Waals surface area contributed by atoms with Crippen LogP contribution in [0.5, 0.6) is 0 Å². The number of hydrogen-bond acceptors (Lipinski definition) is 5. The SMILES string of the molecule is Nc1ccc2nn(C(C=O)N3CCN(C(=O)C4CC4)CC3)cc2c1. The number of nitrogens with two attached hydrogens (primary N) is 1. The third-order valence-electron chi connectivity index (χ3n) is 4.87. The zero-order chi connectivity index (χ0) is 16.7. The van der Waals surface area contributed by atoms with E-state index in [4.69, 9.17) is 5.73 Å². The standard InChI is InChI=1S/C17H21N5O2/c18-14-3-4-15-13(9-14)10-22(19-15)16(11-23)20-5-7-21(8-6-20)17(24)12-1-2-12/h3-4,9-12,16H,1-2,5-8,18H2. The molecular formula is C17H21N5O2.